The van der Waals surface area contributed by atoms with Crippen molar-refractivity contribution in [3.05, 3.63) is 52.0 Å². The number of rotatable bonds is 8. The van der Waals surface area contributed by atoms with Gasteiger partial charge in [-0.05, 0) is 49.9 Å². The number of hydrogen-bond acceptors (Lipinski definition) is 9. The van der Waals surface area contributed by atoms with Crippen molar-refractivity contribution in [1.82, 2.24) is 29.7 Å². The van der Waals surface area contributed by atoms with Crippen molar-refractivity contribution in [3.63, 3.8) is 0 Å². The van der Waals surface area contributed by atoms with Gasteiger partial charge in [-0.15, -0.1) is 0 Å². The summed E-state index contributed by atoms with van der Waals surface area (Å²) < 4.78 is 14.7. The number of halogens is 1. The largest absolute Gasteiger partial charge is 0.465 e. The van der Waals surface area contributed by atoms with Crippen LogP contribution in [0.3, 0.4) is 0 Å². The molecule has 0 aliphatic carbocycles. The number of aromatic nitrogens is 4. The third kappa shape index (κ3) is 6.06. The molecule has 1 fully saturated rings. The number of amides is 2. The molecule has 4 N–H and O–H groups in total. The monoisotopic (exact) mass is 617 g/mol. The first-order valence-electron chi connectivity index (χ1n) is 12.5. The molecule has 206 valence electrons. The first-order chi connectivity index (χ1) is 18.8. The normalized spacial score (nSPS) is 18.4. The Balaban J connectivity index is 1.24. The summed E-state index contributed by atoms with van der Waals surface area (Å²) in [6.45, 7) is 3.39. The number of ether oxygens (including phenoxy) is 2. The van der Waals surface area contributed by atoms with E-state index in [9.17, 15) is 9.59 Å². The number of piperidine rings is 1. The summed E-state index contributed by atoms with van der Waals surface area (Å²) in [6.07, 6.45) is 3.75. The van der Waals surface area contributed by atoms with Gasteiger partial charge in [0, 0.05) is 29.7 Å². The number of aryl methyl sites for hydroxylation is 1. The number of nitrogens with zero attached hydrogens (tertiary/aromatic N) is 5. The average molecular weight is 619 g/mol. The fourth-order valence-electron chi connectivity index (χ4n) is 4.71. The molecule has 2 aromatic heterocycles. The molecular weight excluding hydrogens is 590 g/mol. The topological polar surface area (TPSA) is 158 Å². The number of nitrogen functional groups attached to an aromatic ring is 1. The molecule has 0 spiro atoms. The lowest BCUT2D eigenvalue weighted by atomic mass is 9.93. The summed E-state index contributed by atoms with van der Waals surface area (Å²) in [5.74, 6) is 0.492. The number of anilines is 1. The van der Waals surface area contributed by atoms with Gasteiger partial charge >= 0.3 is 6.09 Å². The highest BCUT2D eigenvalue weighted by molar-refractivity contribution is 9.10. The zero-order valence-electron chi connectivity index (χ0n) is 21.1. The van der Waals surface area contributed by atoms with Gasteiger partial charge in [0.05, 0.1) is 0 Å². The van der Waals surface area contributed by atoms with Gasteiger partial charge < -0.3 is 35.1 Å². The van der Waals surface area contributed by atoms with Crippen LogP contribution in [0.1, 0.15) is 38.0 Å². The second-order valence-corrected chi connectivity index (χ2v) is 11.2. The Morgan fingerprint density at radius 3 is 2.79 bits per heavy atom. The zero-order chi connectivity index (χ0) is 27.5. The van der Waals surface area contributed by atoms with Gasteiger partial charge in [0.2, 0.25) is 11.0 Å². The molecular formula is C25H28BrN7O5S. The quantitative estimate of drug-likeness (QED) is 0.336. The summed E-state index contributed by atoms with van der Waals surface area (Å²) in [5, 5.41) is 12.3. The van der Waals surface area contributed by atoms with Crippen LogP contribution in [0.2, 0.25) is 0 Å². The smallest absolute Gasteiger partial charge is 0.405 e. The Morgan fingerprint density at radius 1 is 1.28 bits per heavy atom. The maximum absolute atomic E-state index is 12.5. The number of nitrogens with two attached hydrogens (primary N) is 1. The van der Waals surface area contributed by atoms with Gasteiger partial charge in [-0.1, -0.05) is 34.1 Å². The molecule has 0 saturated carbocycles. The van der Waals surface area contributed by atoms with Crippen LogP contribution in [-0.2, 0) is 20.8 Å². The minimum absolute atomic E-state index is 0.199. The predicted molar refractivity (Wildman–Crippen MR) is 147 cm³/mol. The second kappa shape index (κ2) is 11.7. The molecule has 3 aromatic rings. The van der Waals surface area contributed by atoms with Gasteiger partial charge in [-0.2, -0.15) is 0 Å². The Bertz CT molecular complexity index is 1410. The Morgan fingerprint density at radius 2 is 2.05 bits per heavy atom. The molecule has 1 aromatic carbocycles. The molecule has 0 radical (unpaired) electrons. The molecule has 2 aliphatic heterocycles. The minimum Gasteiger partial charge on any atom is -0.465 e. The fraction of sp³-hybridized carbons (Fsp3) is 0.400. The van der Waals surface area contributed by atoms with Crippen molar-refractivity contribution in [2.45, 2.75) is 50.2 Å². The van der Waals surface area contributed by atoms with E-state index in [0.29, 0.717) is 52.8 Å². The lowest BCUT2D eigenvalue weighted by Crippen LogP contribution is -2.49. The van der Waals surface area contributed by atoms with E-state index in [2.05, 4.69) is 31.2 Å². The van der Waals surface area contributed by atoms with Crippen LogP contribution in [0, 0.1) is 5.92 Å². The van der Waals surface area contributed by atoms with Crippen molar-refractivity contribution < 1.29 is 24.2 Å². The number of carbonyl (C=O) groups excluding carboxylic acids is 1. The van der Waals surface area contributed by atoms with E-state index in [1.54, 1.807) is 18.1 Å². The van der Waals surface area contributed by atoms with Crippen LogP contribution in [0.25, 0.3) is 11.2 Å². The van der Waals surface area contributed by atoms with E-state index in [-0.39, 0.29) is 5.91 Å². The third-order valence-corrected chi connectivity index (χ3v) is 8.39. The first kappa shape index (κ1) is 27.1. The van der Waals surface area contributed by atoms with Crippen LogP contribution >= 0.6 is 27.7 Å². The van der Waals surface area contributed by atoms with Crippen LogP contribution in [0.5, 0.6) is 0 Å². The molecule has 2 amide bonds. The van der Waals surface area contributed by atoms with Crippen molar-refractivity contribution in [2.24, 2.45) is 5.92 Å². The summed E-state index contributed by atoms with van der Waals surface area (Å²) in [5.41, 5.74) is 8.16. The van der Waals surface area contributed by atoms with Crippen LogP contribution in [-0.4, -0.2) is 60.7 Å². The maximum atomic E-state index is 12.5. The molecule has 0 bridgehead atoms. The lowest BCUT2D eigenvalue weighted by Gasteiger charge is -2.33. The van der Waals surface area contributed by atoms with E-state index in [4.69, 9.17) is 25.3 Å². The number of imidazole rings is 1. The molecule has 39 heavy (non-hydrogen) atoms. The third-order valence-electron chi connectivity index (χ3n) is 6.78. The van der Waals surface area contributed by atoms with Crippen molar-refractivity contribution in [2.75, 3.05) is 18.8 Å². The summed E-state index contributed by atoms with van der Waals surface area (Å²) in [7, 11) is 0. The number of likely N-dealkylation sites (tertiary alicyclic amines) is 1. The highest BCUT2D eigenvalue weighted by Gasteiger charge is 2.29. The standard InChI is InChI=1S/C25H28BrN7O5S/c1-14(30-25(35)36)22(34)32-9-6-15(7-10-32)8-11-33-21-19(20(27)28-13-29-21)31-24(33)39-18-12-37-23(38-18)16-4-2-3-5-17(16)26/h2-5,12-15,23,30H,6-11H2,1H3,(H,35,36)(H2,27,28,29)/t14-,23?/m0/s1. The van der Waals surface area contributed by atoms with E-state index in [0.717, 1.165) is 29.3 Å². The van der Waals surface area contributed by atoms with Crippen molar-refractivity contribution in [1.29, 1.82) is 0 Å². The number of thioether (sulfide) groups is 1. The Hall–Kier alpha value is -3.52. The van der Waals surface area contributed by atoms with Gasteiger partial charge in [0.15, 0.2) is 22.1 Å². The molecule has 5 rings (SSSR count). The highest BCUT2D eigenvalue weighted by Crippen LogP contribution is 2.40. The number of benzene rings is 1. The second-order valence-electron chi connectivity index (χ2n) is 9.35. The summed E-state index contributed by atoms with van der Waals surface area (Å²) >= 11 is 4.87. The molecule has 14 heteroatoms. The lowest BCUT2D eigenvalue weighted by molar-refractivity contribution is -0.134. The van der Waals surface area contributed by atoms with E-state index < -0.39 is 18.4 Å². The molecule has 2 atom stereocenters. The summed E-state index contributed by atoms with van der Waals surface area (Å²) in [6, 6.07) is 6.96. The Labute approximate surface area is 237 Å². The van der Waals surface area contributed by atoms with E-state index in [1.807, 2.05) is 28.8 Å². The number of carboxylic acid groups (broad SMARTS) is 1. The summed E-state index contributed by atoms with van der Waals surface area (Å²) in [4.78, 5) is 38.4. The molecule has 4 heterocycles. The van der Waals surface area contributed by atoms with Gasteiger partial charge in [0.25, 0.3) is 6.29 Å². The van der Waals surface area contributed by atoms with Gasteiger partial charge in [0.1, 0.15) is 18.6 Å². The average Bonchev–Trinajstić information content (AvgIpc) is 3.52. The predicted octanol–water partition coefficient (Wildman–Crippen LogP) is 4.09. The number of nitrogens with one attached hydrogen (secondary N) is 1. The number of fused-ring (bicyclic) bond motifs is 1. The van der Waals surface area contributed by atoms with E-state index in [1.165, 1.54) is 18.1 Å². The molecule has 2 aliphatic rings. The first-order valence-corrected chi connectivity index (χ1v) is 14.1. The molecule has 12 nitrogen and oxygen atoms in total. The molecule has 1 unspecified atom stereocenters. The van der Waals surface area contributed by atoms with Crippen LogP contribution in [0.15, 0.2) is 51.6 Å². The van der Waals surface area contributed by atoms with Crippen LogP contribution in [0.4, 0.5) is 10.6 Å². The zero-order valence-corrected chi connectivity index (χ0v) is 23.5. The minimum atomic E-state index is -1.20. The maximum Gasteiger partial charge on any atom is 0.405 e. The van der Waals surface area contributed by atoms with E-state index >= 15 is 0 Å². The SMILES string of the molecule is C[C@H](NC(=O)O)C(=O)N1CCC(CCn2c(SC3=COC(c4ccccc4Br)O3)nc3c(N)ncnc32)CC1. The van der Waals surface area contributed by atoms with Crippen molar-refractivity contribution in [3.8, 4) is 0 Å². The Kier molecular flexibility index (Phi) is 8.12. The van der Waals surface area contributed by atoms with Crippen LogP contribution < -0.4 is 11.1 Å². The van der Waals surface area contributed by atoms with Gasteiger partial charge in [-0.3, -0.25) is 4.79 Å². The number of carbonyl (C=O) groups is 2. The highest BCUT2D eigenvalue weighted by atomic mass is 79.9. The molecule has 1 saturated heterocycles. The number of hydrogen-bond donors (Lipinski definition) is 3. The van der Waals surface area contributed by atoms with Crippen molar-refractivity contribution >= 4 is 56.7 Å². The fourth-order valence-corrected chi connectivity index (χ4v) is 6.02. The van der Waals surface area contributed by atoms with Gasteiger partial charge in [-0.25, -0.2) is 19.7 Å².